The SMILES string of the molecule is CC1=CC(C)(C)N(C)c2ccc(/C=C3/SC(=Nc4cccc(C)c4C)NC3=O)cc21. The molecule has 5 heteroatoms. The van der Waals surface area contributed by atoms with Gasteiger partial charge in [-0.3, -0.25) is 4.79 Å². The Bertz CT molecular complexity index is 1140. The van der Waals surface area contributed by atoms with Gasteiger partial charge in [0.15, 0.2) is 5.17 Å². The van der Waals surface area contributed by atoms with Crippen LogP contribution in [0.1, 0.15) is 43.0 Å². The molecule has 154 valence electrons. The number of thioether (sulfide) groups is 1. The number of benzene rings is 2. The lowest BCUT2D eigenvalue weighted by atomic mass is 9.88. The summed E-state index contributed by atoms with van der Waals surface area (Å²) in [4.78, 5) is 20.1. The Morgan fingerprint density at radius 3 is 2.67 bits per heavy atom. The van der Waals surface area contributed by atoms with Crippen LogP contribution in [-0.4, -0.2) is 23.7 Å². The van der Waals surface area contributed by atoms with Crippen LogP contribution in [-0.2, 0) is 4.79 Å². The number of allylic oxidation sites excluding steroid dienone is 1. The summed E-state index contributed by atoms with van der Waals surface area (Å²) in [5.41, 5.74) is 7.88. The highest BCUT2D eigenvalue weighted by atomic mass is 32.2. The minimum absolute atomic E-state index is 0.0163. The van der Waals surface area contributed by atoms with Gasteiger partial charge in [0.25, 0.3) is 5.91 Å². The summed E-state index contributed by atoms with van der Waals surface area (Å²) < 4.78 is 0. The number of amidine groups is 1. The number of aryl methyl sites for hydroxylation is 1. The number of amides is 1. The monoisotopic (exact) mass is 417 g/mol. The van der Waals surface area contributed by atoms with Crippen LogP contribution in [0.3, 0.4) is 0 Å². The summed E-state index contributed by atoms with van der Waals surface area (Å²) in [6.07, 6.45) is 4.23. The van der Waals surface area contributed by atoms with Gasteiger partial charge in [-0.15, -0.1) is 0 Å². The van der Waals surface area contributed by atoms with E-state index in [1.165, 1.54) is 34.1 Å². The highest BCUT2D eigenvalue weighted by molar-refractivity contribution is 8.18. The summed E-state index contributed by atoms with van der Waals surface area (Å²) in [7, 11) is 2.12. The standard InChI is InChI=1S/C25H27N3OS/c1-15-8-7-9-20(17(15)3)26-24-27-23(29)22(30-24)13-18-10-11-21-19(12-18)16(2)14-25(4,5)28(21)6/h7-14H,1-6H3,(H,26,27,29)/b22-13+. The van der Waals surface area contributed by atoms with E-state index in [0.29, 0.717) is 10.1 Å². The molecule has 2 aliphatic heterocycles. The normalized spacial score (nSPS) is 20.4. The van der Waals surface area contributed by atoms with Gasteiger partial charge in [0.2, 0.25) is 0 Å². The molecule has 0 aliphatic carbocycles. The molecule has 2 heterocycles. The molecule has 0 aromatic heterocycles. The zero-order valence-corrected chi connectivity index (χ0v) is 19.1. The summed E-state index contributed by atoms with van der Waals surface area (Å²) in [5, 5.41) is 3.52. The Morgan fingerprint density at radius 1 is 1.13 bits per heavy atom. The van der Waals surface area contributed by atoms with Crippen molar-refractivity contribution in [1.82, 2.24) is 5.32 Å². The van der Waals surface area contributed by atoms with Crippen LogP contribution in [0, 0.1) is 13.8 Å². The van der Waals surface area contributed by atoms with Crippen LogP contribution in [0.5, 0.6) is 0 Å². The lowest BCUT2D eigenvalue weighted by Crippen LogP contribution is -2.42. The quantitative estimate of drug-likeness (QED) is 0.626. The van der Waals surface area contributed by atoms with E-state index in [9.17, 15) is 4.79 Å². The van der Waals surface area contributed by atoms with Crippen molar-refractivity contribution in [2.45, 2.75) is 40.2 Å². The largest absolute Gasteiger partial charge is 0.366 e. The first kappa shape index (κ1) is 20.5. The van der Waals surface area contributed by atoms with Crippen molar-refractivity contribution in [2.75, 3.05) is 11.9 Å². The van der Waals surface area contributed by atoms with Gasteiger partial charge >= 0.3 is 0 Å². The Hall–Kier alpha value is -2.79. The van der Waals surface area contributed by atoms with Crippen molar-refractivity contribution in [1.29, 1.82) is 0 Å². The molecular weight excluding hydrogens is 390 g/mol. The van der Waals surface area contributed by atoms with Crippen LogP contribution in [0.15, 0.2) is 52.4 Å². The van der Waals surface area contributed by atoms with Gasteiger partial charge in [-0.25, -0.2) is 4.99 Å². The average Bonchev–Trinajstić information content (AvgIpc) is 3.02. The van der Waals surface area contributed by atoms with E-state index in [1.807, 2.05) is 25.1 Å². The maximum atomic E-state index is 12.5. The fourth-order valence-corrected chi connectivity index (χ4v) is 4.70. The minimum atomic E-state index is -0.104. The van der Waals surface area contributed by atoms with Crippen LogP contribution in [0.2, 0.25) is 0 Å². The predicted molar refractivity (Wildman–Crippen MR) is 129 cm³/mol. The fraction of sp³-hybridized carbons (Fsp3) is 0.280. The van der Waals surface area contributed by atoms with Crippen molar-refractivity contribution in [3.05, 3.63) is 69.6 Å². The minimum Gasteiger partial charge on any atom is -0.366 e. The first-order chi connectivity index (χ1) is 14.2. The van der Waals surface area contributed by atoms with Crippen molar-refractivity contribution in [2.24, 2.45) is 4.99 Å². The van der Waals surface area contributed by atoms with E-state index in [0.717, 1.165) is 16.8 Å². The topological polar surface area (TPSA) is 44.7 Å². The second kappa shape index (κ2) is 7.47. The summed E-state index contributed by atoms with van der Waals surface area (Å²) >= 11 is 1.39. The number of nitrogens with one attached hydrogen (secondary N) is 1. The molecule has 0 spiro atoms. The molecule has 2 aromatic carbocycles. The molecule has 4 rings (SSSR count). The van der Waals surface area contributed by atoms with Crippen LogP contribution >= 0.6 is 11.8 Å². The number of hydrogen-bond donors (Lipinski definition) is 1. The Morgan fingerprint density at radius 2 is 1.90 bits per heavy atom. The van der Waals surface area contributed by atoms with Gasteiger partial charge in [-0.1, -0.05) is 24.3 Å². The van der Waals surface area contributed by atoms with Crippen molar-refractivity contribution in [3.63, 3.8) is 0 Å². The highest BCUT2D eigenvalue weighted by Crippen LogP contribution is 2.39. The molecule has 0 radical (unpaired) electrons. The van der Waals surface area contributed by atoms with Gasteiger partial charge in [0.1, 0.15) is 0 Å². The lowest BCUT2D eigenvalue weighted by molar-refractivity contribution is -0.115. The number of carbonyl (C=O) groups is 1. The number of likely N-dealkylation sites (N-methyl/N-ethyl adjacent to an activating group) is 1. The van der Waals surface area contributed by atoms with Crippen molar-refractivity contribution in [3.8, 4) is 0 Å². The van der Waals surface area contributed by atoms with E-state index in [-0.39, 0.29) is 11.4 Å². The third-order valence-electron chi connectivity index (χ3n) is 5.99. The van der Waals surface area contributed by atoms with E-state index < -0.39 is 0 Å². The summed E-state index contributed by atoms with van der Waals surface area (Å²) in [6, 6.07) is 12.4. The van der Waals surface area contributed by atoms with E-state index in [2.05, 4.69) is 80.3 Å². The lowest BCUT2D eigenvalue weighted by Gasteiger charge is -2.40. The number of fused-ring (bicyclic) bond motifs is 1. The number of rotatable bonds is 2. The zero-order valence-electron chi connectivity index (χ0n) is 18.3. The summed E-state index contributed by atoms with van der Waals surface area (Å²) in [6.45, 7) is 10.7. The zero-order chi connectivity index (χ0) is 21.6. The second-order valence-corrected chi connectivity index (χ2v) is 9.55. The molecule has 4 nitrogen and oxygen atoms in total. The molecule has 0 bridgehead atoms. The molecule has 0 atom stereocenters. The Balaban J connectivity index is 1.63. The number of nitrogens with zero attached hydrogens (tertiary/aromatic N) is 2. The number of hydrogen-bond acceptors (Lipinski definition) is 4. The van der Waals surface area contributed by atoms with E-state index >= 15 is 0 Å². The maximum absolute atomic E-state index is 12.5. The molecule has 0 unspecified atom stereocenters. The first-order valence-electron chi connectivity index (χ1n) is 10.1. The van der Waals surface area contributed by atoms with Gasteiger partial charge in [0, 0.05) is 18.3 Å². The van der Waals surface area contributed by atoms with Gasteiger partial charge in [-0.2, -0.15) is 0 Å². The molecule has 0 saturated carbocycles. The molecular formula is C25H27N3OS. The van der Waals surface area contributed by atoms with Gasteiger partial charge in [-0.05, 0) is 92.9 Å². The third-order valence-corrected chi connectivity index (χ3v) is 6.90. The fourth-order valence-electron chi connectivity index (χ4n) is 3.86. The number of carbonyl (C=O) groups excluding carboxylic acids is 1. The molecule has 1 fully saturated rings. The molecule has 1 amide bonds. The predicted octanol–water partition coefficient (Wildman–Crippen LogP) is 5.83. The molecule has 1 saturated heterocycles. The highest BCUT2D eigenvalue weighted by Gasteiger charge is 2.29. The number of anilines is 1. The van der Waals surface area contributed by atoms with Crippen molar-refractivity contribution < 1.29 is 4.79 Å². The number of aliphatic imine (C=N–C) groups is 1. The van der Waals surface area contributed by atoms with Crippen LogP contribution in [0.25, 0.3) is 11.6 Å². The second-order valence-electron chi connectivity index (χ2n) is 8.52. The molecule has 30 heavy (non-hydrogen) atoms. The third kappa shape index (κ3) is 3.70. The van der Waals surface area contributed by atoms with E-state index in [1.54, 1.807) is 0 Å². The molecule has 2 aliphatic rings. The van der Waals surface area contributed by atoms with Gasteiger partial charge in [0.05, 0.1) is 16.1 Å². The first-order valence-corrected chi connectivity index (χ1v) is 10.9. The molecule has 2 aromatic rings. The molecule has 1 N–H and O–H groups in total. The van der Waals surface area contributed by atoms with Crippen LogP contribution < -0.4 is 10.2 Å². The van der Waals surface area contributed by atoms with Gasteiger partial charge < -0.3 is 10.2 Å². The summed E-state index contributed by atoms with van der Waals surface area (Å²) in [5.74, 6) is -0.104. The Kier molecular flexibility index (Phi) is 5.10. The maximum Gasteiger partial charge on any atom is 0.264 e. The van der Waals surface area contributed by atoms with Crippen molar-refractivity contribution >= 4 is 45.9 Å². The average molecular weight is 418 g/mol. The van der Waals surface area contributed by atoms with E-state index in [4.69, 9.17) is 0 Å². The van der Waals surface area contributed by atoms with Crippen LogP contribution in [0.4, 0.5) is 11.4 Å². The smallest absolute Gasteiger partial charge is 0.264 e. The Labute approximate surface area is 182 Å².